The third kappa shape index (κ3) is 4.77. The largest absolute Gasteiger partial charge is 0.482 e. The average molecular weight is 493 g/mol. The van der Waals surface area contributed by atoms with Crippen molar-refractivity contribution in [3.8, 4) is 17.2 Å². The molecule has 0 bridgehead atoms. The highest BCUT2D eigenvalue weighted by Crippen LogP contribution is 2.37. The van der Waals surface area contributed by atoms with E-state index in [0.717, 1.165) is 16.0 Å². The number of hydrogen-bond donors (Lipinski definition) is 2. The highest BCUT2D eigenvalue weighted by molar-refractivity contribution is 7.17. The van der Waals surface area contributed by atoms with Gasteiger partial charge >= 0.3 is 0 Å². The molecule has 0 aliphatic carbocycles. The standard InChI is InChI=1S/C22H18Cl2N2O5S/c1-11-18(7-12-2-4-16-17(6-12)31-10-30-16)32-22(20(11)21(25)28)26-19(27)9-29-15-5-3-13(23)8-14(15)24/h2-6,8H,7,9-10H2,1H3,(H2,25,28)(H,26,27). The van der Waals surface area contributed by atoms with E-state index < -0.39 is 11.8 Å². The third-order valence-corrected chi connectivity index (χ3v) is 6.54. The molecule has 0 radical (unpaired) electrons. The van der Waals surface area contributed by atoms with E-state index in [1.54, 1.807) is 19.1 Å². The van der Waals surface area contributed by atoms with E-state index in [2.05, 4.69) is 5.32 Å². The van der Waals surface area contributed by atoms with Crippen molar-refractivity contribution in [2.75, 3.05) is 18.7 Å². The molecule has 2 heterocycles. The summed E-state index contributed by atoms with van der Waals surface area (Å²) in [6, 6.07) is 10.4. The lowest BCUT2D eigenvalue weighted by Crippen LogP contribution is -2.22. The molecule has 0 saturated carbocycles. The fourth-order valence-electron chi connectivity index (χ4n) is 3.25. The molecule has 7 nitrogen and oxygen atoms in total. The number of fused-ring (bicyclic) bond motifs is 1. The Kier molecular flexibility index (Phi) is 6.45. The van der Waals surface area contributed by atoms with Crippen LogP contribution in [0.15, 0.2) is 36.4 Å². The smallest absolute Gasteiger partial charge is 0.262 e. The number of primary amides is 1. The minimum atomic E-state index is -0.618. The second kappa shape index (κ2) is 9.28. The number of ether oxygens (including phenoxy) is 3. The summed E-state index contributed by atoms with van der Waals surface area (Å²) >= 11 is 13.2. The second-order valence-corrected chi connectivity index (χ2v) is 8.94. The summed E-state index contributed by atoms with van der Waals surface area (Å²) in [5, 5.41) is 3.85. The van der Waals surface area contributed by atoms with Gasteiger partial charge in [0, 0.05) is 16.3 Å². The number of halogens is 2. The minimum absolute atomic E-state index is 0.197. The molecule has 2 amide bonds. The van der Waals surface area contributed by atoms with Crippen LogP contribution in [0.4, 0.5) is 5.00 Å². The number of carbonyl (C=O) groups is 2. The highest BCUT2D eigenvalue weighted by Gasteiger charge is 2.22. The zero-order valence-corrected chi connectivity index (χ0v) is 19.2. The van der Waals surface area contributed by atoms with E-state index in [9.17, 15) is 9.59 Å². The Bertz CT molecular complexity index is 1210. The molecular formula is C22H18Cl2N2O5S. The number of nitrogens with one attached hydrogen (secondary N) is 1. The first-order valence-corrected chi connectivity index (χ1v) is 11.1. The zero-order chi connectivity index (χ0) is 22.8. The van der Waals surface area contributed by atoms with Crippen LogP contribution in [-0.4, -0.2) is 25.2 Å². The van der Waals surface area contributed by atoms with Crippen molar-refractivity contribution in [3.05, 3.63) is 68.0 Å². The van der Waals surface area contributed by atoms with Crippen LogP contribution in [0.3, 0.4) is 0 Å². The molecule has 32 heavy (non-hydrogen) atoms. The molecule has 1 aliphatic heterocycles. The summed E-state index contributed by atoms with van der Waals surface area (Å²) in [5.41, 5.74) is 7.57. The van der Waals surface area contributed by atoms with Gasteiger partial charge in [-0.1, -0.05) is 29.3 Å². The van der Waals surface area contributed by atoms with Gasteiger partial charge in [-0.05, 0) is 48.4 Å². The van der Waals surface area contributed by atoms with Gasteiger partial charge in [0.2, 0.25) is 6.79 Å². The zero-order valence-electron chi connectivity index (χ0n) is 16.9. The van der Waals surface area contributed by atoms with Crippen molar-refractivity contribution < 1.29 is 23.8 Å². The van der Waals surface area contributed by atoms with Crippen LogP contribution in [-0.2, 0) is 11.2 Å². The number of anilines is 1. The Morgan fingerprint density at radius 3 is 2.69 bits per heavy atom. The molecule has 0 unspecified atom stereocenters. The molecule has 0 spiro atoms. The van der Waals surface area contributed by atoms with E-state index in [-0.39, 0.29) is 19.0 Å². The van der Waals surface area contributed by atoms with E-state index in [1.165, 1.54) is 17.4 Å². The van der Waals surface area contributed by atoms with Crippen molar-refractivity contribution in [2.24, 2.45) is 5.73 Å². The van der Waals surface area contributed by atoms with E-state index in [0.29, 0.717) is 38.7 Å². The van der Waals surface area contributed by atoms with E-state index in [1.807, 2.05) is 18.2 Å². The molecule has 4 rings (SSSR count). The van der Waals surface area contributed by atoms with Gasteiger partial charge in [0.1, 0.15) is 10.8 Å². The maximum absolute atomic E-state index is 12.5. The summed E-state index contributed by atoms with van der Waals surface area (Å²) in [4.78, 5) is 25.4. The van der Waals surface area contributed by atoms with Gasteiger partial charge < -0.3 is 25.3 Å². The Hall–Kier alpha value is -2.94. The summed E-state index contributed by atoms with van der Waals surface area (Å²) < 4.78 is 16.2. The number of amides is 2. The fraction of sp³-hybridized carbons (Fsp3) is 0.182. The van der Waals surface area contributed by atoms with Crippen LogP contribution in [0.1, 0.15) is 26.4 Å². The first-order valence-electron chi connectivity index (χ1n) is 9.50. The molecule has 0 atom stereocenters. The predicted molar refractivity (Wildman–Crippen MR) is 124 cm³/mol. The lowest BCUT2D eigenvalue weighted by atomic mass is 10.1. The van der Waals surface area contributed by atoms with E-state index >= 15 is 0 Å². The fourth-order valence-corrected chi connectivity index (χ4v) is 4.97. The average Bonchev–Trinajstić information content (AvgIpc) is 3.31. The van der Waals surface area contributed by atoms with Crippen molar-refractivity contribution in [1.29, 1.82) is 0 Å². The van der Waals surface area contributed by atoms with Crippen LogP contribution >= 0.6 is 34.5 Å². The quantitative estimate of drug-likeness (QED) is 0.493. The van der Waals surface area contributed by atoms with Gasteiger partial charge in [-0.25, -0.2) is 0 Å². The Balaban J connectivity index is 1.49. The molecule has 2 aromatic carbocycles. The first kappa shape index (κ1) is 22.3. The molecule has 0 fully saturated rings. The van der Waals surface area contributed by atoms with Crippen LogP contribution in [0.25, 0.3) is 0 Å². The number of benzene rings is 2. The summed E-state index contributed by atoms with van der Waals surface area (Å²) in [7, 11) is 0. The number of carbonyl (C=O) groups excluding carboxylic acids is 2. The highest BCUT2D eigenvalue weighted by atomic mass is 35.5. The van der Waals surface area contributed by atoms with Crippen molar-refractivity contribution in [1.82, 2.24) is 0 Å². The van der Waals surface area contributed by atoms with Crippen LogP contribution < -0.4 is 25.3 Å². The molecule has 166 valence electrons. The molecule has 3 N–H and O–H groups in total. The number of nitrogens with two attached hydrogens (primary N) is 1. The van der Waals surface area contributed by atoms with Gasteiger partial charge in [-0.2, -0.15) is 0 Å². The molecule has 3 aromatic rings. The monoisotopic (exact) mass is 492 g/mol. The van der Waals surface area contributed by atoms with Crippen LogP contribution in [0, 0.1) is 6.92 Å². The third-order valence-electron chi connectivity index (χ3n) is 4.80. The first-order chi connectivity index (χ1) is 15.3. The number of hydrogen-bond acceptors (Lipinski definition) is 6. The van der Waals surface area contributed by atoms with Gasteiger partial charge in [-0.15, -0.1) is 11.3 Å². The summed E-state index contributed by atoms with van der Waals surface area (Å²) in [5.74, 6) is 0.635. The Labute approximate surface area is 198 Å². The lowest BCUT2D eigenvalue weighted by Gasteiger charge is -2.09. The van der Waals surface area contributed by atoms with Crippen molar-refractivity contribution in [2.45, 2.75) is 13.3 Å². The van der Waals surface area contributed by atoms with Gasteiger partial charge in [0.05, 0.1) is 10.6 Å². The SMILES string of the molecule is Cc1c(Cc2ccc3c(c2)OCO3)sc(NC(=O)COc2ccc(Cl)cc2Cl)c1C(N)=O. The Morgan fingerprint density at radius 1 is 1.16 bits per heavy atom. The van der Waals surface area contributed by atoms with Gasteiger partial charge in [0.15, 0.2) is 18.1 Å². The number of thiophene rings is 1. The predicted octanol–water partition coefficient (Wildman–Crippen LogP) is 4.80. The number of rotatable bonds is 7. The van der Waals surface area contributed by atoms with Crippen molar-refractivity contribution in [3.63, 3.8) is 0 Å². The Morgan fingerprint density at radius 2 is 1.94 bits per heavy atom. The van der Waals surface area contributed by atoms with Crippen LogP contribution in [0.5, 0.6) is 17.2 Å². The maximum Gasteiger partial charge on any atom is 0.262 e. The summed E-state index contributed by atoms with van der Waals surface area (Å²) in [6.07, 6.45) is 0.542. The molecular weight excluding hydrogens is 475 g/mol. The normalized spacial score (nSPS) is 12.0. The van der Waals surface area contributed by atoms with Gasteiger partial charge in [0.25, 0.3) is 11.8 Å². The lowest BCUT2D eigenvalue weighted by molar-refractivity contribution is -0.118. The molecule has 1 aromatic heterocycles. The minimum Gasteiger partial charge on any atom is -0.482 e. The summed E-state index contributed by atoms with van der Waals surface area (Å²) in [6.45, 7) is 1.70. The maximum atomic E-state index is 12.5. The molecule has 0 saturated heterocycles. The second-order valence-electron chi connectivity index (χ2n) is 6.99. The molecule has 1 aliphatic rings. The van der Waals surface area contributed by atoms with Gasteiger partial charge in [-0.3, -0.25) is 9.59 Å². The molecule has 10 heteroatoms. The van der Waals surface area contributed by atoms with Crippen molar-refractivity contribution >= 4 is 51.4 Å². The topological polar surface area (TPSA) is 99.9 Å². The van der Waals surface area contributed by atoms with Crippen LogP contribution in [0.2, 0.25) is 10.0 Å². The van der Waals surface area contributed by atoms with E-state index in [4.69, 9.17) is 43.1 Å².